The first kappa shape index (κ1) is 17.3. The third-order valence-corrected chi connectivity index (χ3v) is 3.66. The smallest absolute Gasteiger partial charge is 0.191 e. The Morgan fingerprint density at radius 3 is 2.95 bits per heavy atom. The van der Waals surface area contributed by atoms with Crippen LogP contribution >= 0.6 is 24.0 Å². The van der Waals surface area contributed by atoms with Crippen LogP contribution in [-0.4, -0.2) is 32.8 Å². The lowest BCUT2D eigenvalue weighted by Gasteiger charge is -2.20. The molecular formula is C14H24IN3O2. The minimum atomic E-state index is 0. The Morgan fingerprint density at radius 1 is 1.45 bits per heavy atom. The summed E-state index contributed by atoms with van der Waals surface area (Å²) in [5.74, 6) is 2.28. The van der Waals surface area contributed by atoms with Crippen LogP contribution in [0.3, 0.4) is 0 Å². The first-order chi connectivity index (χ1) is 9.33. The lowest BCUT2D eigenvalue weighted by atomic mass is 10.1. The van der Waals surface area contributed by atoms with Crippen molar-refractivity contribution in [1.82, 2.24) is 10.6 Å². The van der Waals surface area contributed by atoms with E-state index >= 15 is 0 Å². The number of methoxy groups -OCH3 is 1. The summed E-state index contributed by atoms with van der Waals surface area (Å²) in [6, 6.07) is 3.83. The molecule has 2 unspecified atom stereocenters. The van der Waals surface area contributed by atoms with Crippen molar-refractivity contribution >= 4 is 29.9 Å². The van der Waals surface area contributed by atoms with E-state index in [1.54, 1.807) is 20.4 Å². The Labute approximate surface area is 137 Å². The molecule has 2 rings (SSSR count). The quantitative estimate of drug-likeness (QED) is 0.458. The zero-order valence-electron chi connectivity index (χ0n) is 12.1. The second-order valence-corrected chi connectivity index (χ2v) is 4.85. The average molecular weight is 393 g/mol. The highest BCUT2D eigenvalue weighted by molar-refractivity contribution is 14.0. The van der Waals surface area contributed by atoms with Gasteiger partial charge in [0.15, 0.2) is 5.96 Å². The van der Waals surface area contributed by atoms with Crippen molar-refractivity contribution in [2.45, 2.75) is 31.9 Å². The normalized spacial score (nSPS) is 22.4. The topological polar surface area (TPSA) is 58.8 Å². The van der Waals surface area contributed by atoms with Gasteiger partial charge in [0.05, 0.1) is 18.9 Å². The van der Waals surface area contributed by atoms with Gasteiger partial charge in [-0.1, -0.05) is 6.42 Å². The molecule has 20 heavy (non-hydrogen) atoms. The van der Waals surface area contributed by atoms with Crippen molar-refractivity contribution in [1.29, 1.82) is 0 Å². The van der Waals surface area contributed by atoms with Crippen molar-refractivity contribution < 1.29 is 9.15 Å². The van der Waals surface area contributed by atoms with Gasteiger partial charge in [0.25, 0.3) is 0 Å². The summed E-state index contributed by atoms with van der Waals surface area (Å²) in [5.41, 5.74) is 0. The highest BCUT2D eigenvalue weighted by atomic mass is 127. The van der Waals surface area contributed by atoms with E-state index in [9.17, 15) is 0 Å². The number of aliphatic imine (C=N–C) groups is 1. The molecular weight excluding hydrogens is 369 g/mol. The van der Waals surface area contributed by atoms with Crippen LogP contribution in [0.2, 0.25) is 0 Å². The van der Waals surface area contributed by atoms with E-state index in [1.165, 1.54) is 19.3 Å². The van der Waals surface area contributed by atoms with Crippen molar-refractivity contribution in [3.05, 3.63) is 24.2 Å². The molecule has 1 aliphatic carbocycles. The number of ether oxygens (including phenoxy) is 1. The third-order valence-electron chi connectivity index (χ3n) is 3.66. The number of guanidine groups is 1. The number of nitrogens with one attached hydrogen (secondary N) is 2. The summed E-state index contributed by atoms with van der Waals surface area (Å²) in [6.45, 7) is 1.54. The molecule has 0 radical (unpaired) electrons. The maximum atomic E-state index is 5.49. The van der Waals surface area contributed by atoms with Crippen LogP contribution in [0.5, 0.6) is 0 Å². The Balaban J connectivity index is 0.00000200. The van der Waals surface area contributed by atoms with Gasteiger partial charge < -0.3 is 19.8 Å². The summed E-state index contributed by atoms with van der Waals surface area (Å²) in [7, 11) is 3.58. The highest BCUT2D eigenvalue weighted by Crippen LogP contribution is 2.26. The van der Waals surface area contributed by atoms with Crippen LogP contribution in [0, 0.1) is 5.92 Å². The SMILES string of the molecule is CN=C(NCc1ccco1)NCC1CCCC1OC.I. The van der Waals surface area contributed by atoms with Crippen molar-refractivity contribution in [3.8, 4) is 0 Å². The summed E-state index contributed by atoms with van der Waals surface area (Å²) in [4.78, 5) is 4.21. The predicted octanol–water partition coefficient (Wildman–Crippen LogP) is 2.38. The Morgan fingerprint density at radius 2 is 2.30 bits per heavy atom. The molecule has 2 N–H and O–H groups in total. The van der Waals surface area contributed by atoms with E-state index in [-0.39, 0.29) is 24.0 Å². The molecule has 1 aromatic heterocycles. The second-order valence-electron chi connectivity index (χ2n) is 4.85. The summed E-state index contributed by atoms with van der Waals surface area (Å²) in [6.07, 6.45) is 5.70. The van der Waals surface area contributed by atoms with Crippen LogP contribution in [0.15, 0.2) is 27.8 Å². The third kappa shape index (κ3) is 4.97. The zero-order valence-corrected chi connectivity index (χ0v) is 14.4. The Kier molecular flexibility index (Phi) is 7.98. The molecule has 6 heteroatoms. The van der Waals surface area contributed by atoms with Gasteiger partial charge in [-0.3, -0.25) is 4.99 Å². The molecule has 0 aromatic carbocycles. The molecule has 0 bridgehead atoms. The maximum Gasteiger partial charge on any atom is 0.191 e. The van der Waals surface area contributed by atoms with Gasteiger partial charge in [-0.05, 0) is 25.0 Å². The van der Waals surface area contributed by atoms with Crippen molar-refractivity contribution in [2.24, 2.45) is 10.9 Å². The zero-order chi connectivity index (χ0) is 13.5. The van der Waals surface area contributed by atoms with Crippen LogP contribution in [0.4, 0.5) is 0 Å². The number of rotatable bonds is 5. The fourth-order valence-corrected chi connectivity index (χ4v) is 2.58. The van der Waals surface area contributed by atoms with Crippen molar-refractivity contribution in [2.75, 3.05) is 20.7 Å². The van der Waals surface area contributed by atoms with Gasteiger partial charge in [-0.2, -0.15) is 0 Å². The lowest BCUT2D eigenvalue weighted by molar-refractivity contribution is 0.0725. The standard InChI is InChI=1S/C14H23N3O2.HI/c1-15-14(17-10-12-6-4-8-19-12)16-9-11-5-3-7-13(11)18-2;/h4,6,8,11,13H,3,5,7,9-10H2,1-2H3,(H2,15,16,17);1H. The number of halogens is 1. The van der Waals surface area contributed by atoms with Crippen molar-refractivity contribution in [3.63, 3.8) is 0 Å². The van der Waals surface area contributed by atoms with Gasteiger partial charge in [0.1, 0.15) is 5.76 Å². The molecule has 1 aromatic rings. The van der Waals surface area contributed by atoms with E-state index in [4.69, 9.17) is 9.15 Å². The van der Waals surface area contributed by atoms with Crippen LogP contribution in [-0.2, 0) is 11.3 Å². The largest absolute Gasteiger partial charge is 0.467 e. The summed E-state index contributed by atoms with van der Waals surface area (Å²) < 4.78 is 10.8. The minimum Gasteiger partial charge on any atom is -0.467 e. The highest BCUT2D eigenvalue weighted by Gasteiger charge is 2.26. The van der Waals surface area contributed by atoms with Gasteiger partial charge >= 0.3 is 0 Å². The van der Waals surface area contributed by atoms with Crippen LogP contribution < -0.4 is 10.6 Å². The van der Waals surface area contributed by atoms with Gasteiger partial charge in [0, 0.05) is 26.6 Å². The fraction of sp³-hybridized carbons (Fsp3) is 0.643. The average Bonchev–Trinajstić information content (AvgIpc) is 3.09. The van der Waals surface area contributed by atoms with E-state index in [2.05, 4.69) is 15.6 Å². The molecule has 5 nitrogen and oxygen atoms in total. The predicted molar refractivity (Wildman–Crippen MR) is 90.5 cm³/mol. The fourth-order valence-electron chi connectivity index (χ4n) is 2.58. The van der Waals surface area contributed by atoms with Gasteiger partial charge in [-0.25, -0.2) is 0 Å². The van der Waals surface area contributed by atoms with E-state index in [1.807, 2.05) is 12.1 Å². The number of furan rings is 1. The molecule has 1 heterocycles. The minimum absolute atomic E-state index is 0. The molecule has 114 valence electrons. The molecule has 0 aliphatic heterocycles. The summed E-state index contributed by atoms with van der Waals surface area (Å²) in [5, 5.41) is 6.59. The molecule has 0 amide bonds. The van der Waals surface area contributed by atoms with Gasteiger partial charge in [-0.15, -0.1) is 24.0 Å². The van der Waals surface area contributed by atoms with E-state index in [0.29, 0.717) is 18.6 Å². The monoisotopic (exact) mass is 393 g/mol. The van der Waals surface area contributed by atoms with E-state index < -0.39 is 0 Å². The second kappa shape index (κ2) is 9.23. The van der Waals surface area contributed by atoms with Gasteiger partial charge in [0.2, 0.25) is 0 Å². The first-order valence-corrected chi connectivity index (χ1v) is 6.83. The van der Waals surface area contributed by atoms with E-state index in [0.717, 1.165) is 18.3 Å². The Hall–Kier alpha value is -0.760. The number of nitrogens with zero attached hydrogens (tertiary/aromatic N) is 1. The van der Waals surface area contributed by atoms with Crippen LogP contribution in [0.25, 0.3) is 0 Å². The van der Waals surface area contributed by atoms with Crippen LogP contribution in [0.1, 0.15) is 25.0 Å². The Bertz CT molecular complexity index is 395. The maximum absolute atomic E-state index is 5.49. The molecule has 1 fully saturated rings. The number of hydrogen-bond acceptors (Lipinski definition) is 3. The summed E-state index contributed by atoms with van der Waals surface area (Å²) >= 11 is 0. The molecule has 0 spiro atoms. The molecule has 2 atom stereocenters. The lowest BCUT2D eigenvalue weighted by Crippen LogP contribution is -2.40. The first-order valence-electron chi connectivity index (χ1n) is 6.83. The molecule has 1 saturated carbocycles. The number of hydrogen-bond donors (Lipinski definition) is 2. The molecule has 1 aliphatic rings. The molecule has 0 saturated heterocycles.